The fraction of sp³-hybridized carbons (Fsp3) is 0.263. The molecule has 2 aromatic carbocycles. The monoisotopic (exact) mass is 436 g/mol. The normalized spacial score (nSPS) is 11.7. The van der Waals surface area contributed by atoms with Gasteiger partial charge in [0.1, 0.15) is 5.82 Å². The summed E-state index contributed by atoms with van der Waals surface area (Å²) in [5.74, 6) is -0.517. The molecule has 0 saturated carbocycles. The van der Waals surface area contributed by atoms with Gasteiger partial charge in [0.05, 0.1) is 21.7 Å². The van der Waals surface area contributed by atoms with Crippen molar-refractivity contribution in [2.75, 3.05) is 11.1 Å². The molecule has 3 aromatic rings. The molecule has 0 aliphatic heterocycles. The Morgan fingerprint density at radius 2 is 1.97 bits per heavy atom. The topological polar surface area (TPSA) is 107 Å². The molecule has 1 aromatic heterocycles. The van der Waals surface area contributed by atoms with E-state index in [-0.39, 0.29) is 22.4 Å². The lowest BCUT2D eigenvalue weighted by atomic mass is 10.3. The number of amides is 1. The van der Waals surface area contributed by atoms with Gasteiger partial charge in [0.15, 0.2) is 5.16 Å². The SMILES string of the molecule is CCCCn1c(SCC(=O)Nc2ccc(F)cc2)nc2cc(S(N)(=O)=O)ccc21. The summed E-state index contributed by atoms with van der Waals surface area (Å²) < 4.78 is 38.2. The standard InChI is InChI=1S/C19H21FN4O3S2/c1-2-3-10-24-17-9-8-15(29(21,26)27)11-16(17)23-19(24)28-12-18(25)22-14-6-4-13(20)5-7-14/h4-9,11H,2-3,10,12H2,1H3,(H,22,25)(H2,21,26,27). The van der Waals surface area contributed by atoms with Crippen molar-refractivity contribution in [3.05, 3.63) is 48.3 Å². The Balaban J connectivity index is 1.80. The number of imidazole rings is 1. The number of hydrogen-bond acceptors (Lipinski definition) is 5. The Labute approximate surface area is 172 Å². The molecule has 1 heterocycles. The Morgan fingerprint density at radius 1 is 1.24 bits per heavy atom. The molecular weight excluding hydrogens is 415 g/mol. The first kappa shape index (κ1) is 21.3. The van der Waals surface area contributed by atoms with Crippen LogP contribution in [0.3, 0.4) is 0 Å². The highest BCUT2D eigenvalue weighted by molar-refractivity contribution is 7.99. The van der Waals surface area contributed by atoms with Crippen LogP contribution < -0.4 is 10.5 Å². The summed E-state index contributed by atoms with van der Waals surface area (Å²) in [6, 6.07) is 10.1. The van der Waals surface area contributed by atoms with Crippen molar-refractivity contribution in [3.8, 4) is 0 Å². The van der Waals surface area contributed by atoms with Crippen LogP contribution in [0.1, 0.15) is 19.8 Å². The van der Waals surface area contributed by atoms with Crippen LogP contribution in [-0.4, -0.2) is 29.6 Å². The van der Waals surface area contributed by atoms with E-state index in [9.17, 15) is 17.6 Å². The molecule has 0 fully saturated rings. The molecule has 154 valence electrons. The average molecular weight is 437 g/mol. The summed E-state index contributed by atoms with van der Waals surface area (Å²) in [6.45, 7) is 2.77. The smallest absolute Gasteiger partial charge is 0.238 e. The molecule has 3 N–H and O–H groups in total. The van der Waals surface area contributed by atoms with Gasteiger partial charge in [0.25, 0.3) is 0 Å². The van der Waals surface area contributed by atoms with Crippen LogP contribution in [0, 0.1) is 5.82 Å². The van der Waals surface area contributed by atoms with Gasteiger partial charge in [-0.2, -0.15) is 0 Å². The van der Waals surface area contributed by atoms with Crippen molar-refractivity contribution in [2.45, 2.75) is 36.4 Å². The summed E-state index contributed by atoms with van der Waals surface area (Å²) in [7, 11) is -3.83. The minimum absolute atomic E-state index is 0.00394. The van der Waals surface area contributed by atoms with Gasteiger partial charge >= 0.3 is 0 Å². The van der Waals surface area contributed by atoms with Crippen LogP contribution in [0.4, 0.5) is 10.1 Å². The number of benzene rings is 2. The van der Waals surface area contributed by atoms with E-state index < -0.39 is 10.0 Å². The number of fused-ring (bicyclic) bond motifs is 1. The summed E-state index contributed by atoms with van der Waals surface area (Å²) >= 11 is 1.25. The predicted octanol–water partition coefficient (Wildman–Crippen LogP) is 3.35. The number of halogens is 1. The first-order chi connectivity index (χ1) is 13.8. The fourth-order valence-corrected chi connectivity index (χ4v) is 4.14. The van der Waals surface area contributed by atoms with Gasteiger partial charge in [0, 0.05) is 12.2 Å². The number of thioether (sulfide) groups is 1. The summed E-state index contributed by atoms with van der Waals surface area (Å²) in [6.07, 6.45) is 1.89. The lowest BCUT2D eigenvalue weighted by molar-refractivity contribution is -0.113. The zero-order valence-corrected chi connectivity index (χ0v) is 17.4. The van der Waals surface area contributed by atoms with E-state index in [0.717, 1.165) is 18.4 Å². The van der Waals surface area contributed by atoms with Gasteiger partial charge in [0.2, 0.25) is 15.9 Å². The minimum atomic E-state index is -3.83. The van der Waals surface area contributed by atoms with Gasteiger partial charge in [-0.3, -0.25) is 4.79 Å². The molecule has 7 nitrogen and oxygen atoms in total. The van der Waals surface area contributed by atoms with Crippen LogP contribution in [0.15, 0.2) is 52.5 Å². The third-order valence-corrected chi connectivity index (χ3v) is 6.10. The van der Waals surface area contributed by atoms with Crippen LogP contribution >= 0.6 is 11.8 Å². The zero-order valence-electron chi connectivity index (χ0n) is 15.8. The Kier molecular flexibility index (Phi) is 6.56. The molecule has 0 atom stereocenters. The number of aryl methyl sites for hydroxylation is 1. The Morgan fingerprint density at radius 3 is 2.62 bits per heavy atom. The highest BCUT2D eigenvalue weighted by Crippen LogP contribution is 2.26. The number of nitrogens with one attached hydrogen (secondary N) is 1. The van der Waals surface area contributed by atoms with Crippen LogP contribution in [0.25, 0.3) is 11.0 Å². The van der Waals surface area contributed by atoms with E-state index in [1.54, 1.807) is 6.07 Å². The number of unbranched alkanes of at least 4 members (excludes halogenated alkanes) is 1. The number of anilines is 1. The number of carbonyl (C=O) groups excluding carboxylic acids is 1. The van der Waals surface area contributed by atoms with Gasteiger partial charge in [-0.1, -0.05) is 25.1 Å². The molecular formula is C19H21FN4O3S2. The van der Waals surface area contributed by atoms with Gasteiger partial charge in [-0.25, -0.2) is 22.9 Å². The zero-order chi connectivity index (χ0) is 21.0. The molecule has 1 amide bonds. The summed E-state index contributed by atoms with van der Waals surface area (Å²) in [5, 5.41) is 8.54. The third-order valence-electron chi connectivity index (χ3n) is 4.21. The van der Waals surface area contributed by atoms with Crippen molar-refractivity contribution < 1.29 is 17.6 Å². The number of nitrogens with two attached hydrogens (primary N) is 1. The third kappa shape index (κ3) is 5.34. The number of sulfonamides is 1. The van der Waals surface area contributed by atoms with Gasteiger partial charge in [-0.05, 0) is 48.9 Å². The first-order valence-electron chi connectivity index (χ1n) is 8.99. The van der Waals surface area contributed by atoms with Crippen LogP contribution in [-0.2, 0) is 21.4 Å². The predicted molar refractivity (Wildman–Crippen MR) is 112 cm³/mol. The highest BCUT2D eigenvalue weighted by atomic mass is 32.2. The molecule has 29 heavy (non-hydrogen) atoms. The maximum atomic E-state index is 13.0. The number of aromatic nitrogens is 2. The van der Waals surface area contributed by atoms with Crippen molar-refractivity contribution in [3.63, 3.8) is 0 Å². The van der Waals surface area contributed by atoms with Crippen molar-refractivity contribution in [1.82, 2.24) is 9.55 Å². The number of hydrogen-bond donors (Lipinski definition) is 2. The van der Waals surface area contributed by atoms with Gasteiger partial charge in [-0.15, -0.1) is 0 Å². The molecule has 0 radical (unpaired) electrons. The number of nitrogens with zero attached hydrogens (tertiary/aromatic N) is 2. The van der Waals surface area contributed by atoms with E-state index in [0.29, 0.717) is 22.9 Å². The van der Waals surface area contributed by atoms with E-state index in [2.05, 4.69) is 17.2 Å². The molecule has 0 aliphatic carbocycles. The van der Waals surface area contributed by atoms with Crippen molar-refractivity contribution in [2.24, 2.45) is 5.14 Å². The van der Waals surface area contributed by atoms with Crippen molar-refractivity contribution >= 4 is 44.4 Å². The van der Waals surface area contributed by atoms with E-state index in [4.69, 9.17) is 5.14 Å². The lowest BCUT2D eigenvalue weighted by Gasteiger charge is -2.09. The largest absolute Gasteiger partial charge is 0.325 e. The quantitative estimate of drug-likeness (QED) is 0.527. The molecule has 3 rings (SSSR count). The number of rotatable bonds is 8. The van der Waals surface area contributed by atoms with Crippen LogP contribution in [0.5, 0.6) is 0 Å². The first-order valence-corrected chi connectivity index (χ1v) is 11.5. The molecule has 0 saturated heterocycles. The van der Waals surface area contributed by atoms with Gasteiger partial charge < -0.3 is 9.88 Å². The second-order valence-corrected chi connectivity index (χ2v) is 8.94. The fourth-order valence-electron chi connectivity index (χ4n) is 2.77. The Hall–Kier alpha value is -2.43. The average Bonchev–Trinajstić information content (AvgIpc) is 3.02. The Bertz CT molecular complexity index is 1130. The molecule has 0 aliphatic rings. The molecule has 0 bridgehead atoms. The number of primary sulfonamides is 1. The molecule has 0 spiro atoms. The summed E-state index contributed by atoms with van der Waals surface area (Å²) in [5.41, 5.74) is 1.80. The maximum absolute atomic E-state index is 13.0. The molecule has 0 unspecified atom stereocenters. The molecule has 10 heteroatoms. The van der Waals surface area contributed by atoms with Crippen LogP contribution in [0.2, 0.25) is 0 Å². The summed E-state index contributed by atoms with van der Waals surface area (Å²) in [4.78, 5) is 16.7. The van der Waals surface area contributed by atoms with E-state index in [1.165, 1.54) is 48.2 Å². The van der Waals surface area contributed by atoms with Crippen molar-refractivity contribution in [1.29, 1.82) is 0 Å². The van der Waals surface area contributed by atoms with E-state index >= 15 is 0 Å². The minimum Gasteiger partial charge on any atom is -0.325 e. The second kappa shape index (κ2) is 8.93. The number of carbonyl (C=O) groups is 1. The second-order valence-electron chi connectivity index (χ2n) is 6.44. The highest BCUT2D eigenvalue weighted by Gasteiger charge is 2.16. The van der Waals surface area contributed by atoms with E-state index in [1.807, 2.05) is 4.57 Å². The maximum Gasteiger partial charge on any atom is 0.238 e. The lowest BCUT2D eigenvalue weighted by Crippen LogP contribution is -2.14.